The first kappa shape index (κ1) is 23.0. The Labute approximate surface area is 199 Å². The second kappa shape index (κ2) is 7.29. The molecule has 4 heterocycles. The van der Waals surface area contributed by atoms with E-state index in [9.17, 15) is 35.4 Å². The van der Waals surface area contributed by atoms with Crippen molar-refractivity contribution < 1.29 is 54.4 Å². The number of aliphatic hydroxyl groups is 4. The van der Waals surface area contributed by atoms with Crippen molar-refractivity contribution in [3.8, 4) is 17.2 Å². The number of benzene rings is 2. The number of Topliss-reactive ketones (excluding diaryl/α,β-unsaturated/α-hetero) is 1. The number of ether oxygens (including phenoxy) is 4. The predicted molar refractivity (Wildman–Crippen MR) is 119 cm³/mol. The van der Waals surface area contributed by atoms with Gasteiger partial charge in [0.1, 0.15) is 25.1 Å². The van der Waals surface area contributed by atoms with E-state index >= 15 is 0 Å². The number of hydrogen-bond donors (Lipinski definition) is 6. The van der Waals surface area contributed by atoms with Crippen LogP contribution in [0.4, 0.5) is 0 Å². The number of phenolic OH excluding ortho intramolecular Hbond substituents is 2. The summed E-state index contributed by atoms with van der Waals surface area (Å²) in [5.41, 5.74) is -0.997. The van der Waals surface area contributed by atoms with Crippen molar-refractivity contribution in [2.45, 2.75) is 49.2 Å². The van der Waals surface area contributed by atoms with Crippen LogP contribution < -0.4 is 4.74 Å². The van der Waals surface area contributed by atoms with Gasteiger partial charge < -0.3 is 49.6 Å². The van der Waals surface area contributed by atoms with Gasteiger partial charge in [0.2, 0.25) is 17.7 Å². The van der Waals surface area contributed by atoms with Gasteiger partial charge in [0.15, 0.2) is 12.1 Å². The molecule has 2 aromatic rings. The summed E-state index contributed by atoms with van der Waals surface area (Å²) in [7, 11) is 1.62. The van der Waals surface area contributed by atoms with E-state index in [4.69, 9.17) is 18.9 Å². The zero-order valence-electron chi connectivity index (χ0n) is 19.0. The van der Waals surface area contributed by atoms with Gasteiger partial charge in [0.25, 0.3) is 0 Å². The maximum absolute atomic E-state index is 13.0. The highest BCUT2D eigenvalue weighted by Gasteiger charge is 2.78. The first-order valence-electron chi connectivity index (χ1n) is 11.4. The number of rotatable bonds is 3. The zero-order chi connectivity index (χ0) is 25.0. The van der Waals surface area contributed by atoms with Crippen molar-refractivity contribution in [1.82, 2.24) is 0 Å². The summed E-state index contributed by atoms with van der Waals surface area (Å²) in [4.78, 5) is 13.0. The van der Waals surface area contributed by atoms with Crippen LogP contribution in [0.1, 0.15) is 45.9 Å². The van der Waals surface area contributed by atoms with E-state index in [2.05, 4.69) is 0 Å². The minimum Gasteiger partial charge on any atom is -0.507 e. The van der Waals surface area contributed by atoms with Crippen molar-refractivity contribution in [1.29, 1.82) is 0 Å². The third-order valence-electron chi connectivity index (χ3n) is 7.84. The Balaban J connectivity index is 1.62. The minimum atomic E-state index is -1.72. The van der Waals surface area contributed by atoms with Crippen LogP contribution in [0.5, 0.6) is 17.2 Å². The molecule has 1 unspecified atom stereocenters. The molecule has 2 bridgehead atoms. The number of ketones is 1. The number of carbonyl (C=O) groups is 1. The summed E-state index contributed by atoms with van der Waals surface area (Å²) < 4.78 is 23.7. The lowest BCUT2D eigenvalue weighted by Crippen LogP contribution is -2.70. The molecule has 4 aliphatic heterocycles. The van der Waals surface area contributed by atoms with Gasteiger partial charge in [-0.3, -0.25) is 4.79 Å². The van der Waals surface area contributed by atoms with E-state index in [1.54, 1.807) is 20.8 Å². The lowest BCUT2D eigenvalue weighted by molar-refractivity contribution is -0.508. The second-order valence-electron chi connectivity index (χ2n) is 9.81. The normalized spacial score (nSPS) is 35.2. The molecule has 4 atom stereocenters. The summed E-state index contributed by atoms with van der Waals surface area (Å²) >= 11 is 0. The van der Waals surface area contributed by atoms with Crippen molar-refractivity contribution in [2.75, 3.05) is 19.8 Å². The largest absolute Gasteiger partial charge is 0.507 e. The molecule has 2 saturated heterocycles. The fourth-order valence-electron chi connectivity index (χ4n) is 5.82. The Morgan fingerprint density at radius 1 is 1.14 bits per heavy atom. The van der Waals surface area contributed by atoms with E-state index in [-0.39, 0.29) is 46.4 Å². The molecule has 12 heteroatoms. The molecule has 35 heavy (non-hydrogen) atoms. The van der Waals surface area contributed by atoms with Gasteiger partial charge in [-0.2, -0.15) is 0 Å². The first-order valence-corrected chi connectivity index (χ1v) is 11.4. The van der Waals surface area contributed by atoms with Crippen LogP contribution in [0.25, 0.3) is 10.8 Å². The molecule has 11 nitrogen and oxygen atoms in total. The molecule has 5 aliphatic rings. The summed E-state index contributed by atoms with van der Waals surface area (Å²) in [6.07, 6.45) is -3.84. The van der Waals surface area contributed by atoms with Gasteiger partial charge in [-0.05, 0) is 30.8 Å². The van der Waals surface area contributed by atoms with Crippen LogP contribution in [0.15, 0.2) is 6.07 Å². The third kappa shape index (κ3) is 2.67. The highest BCUT2D eigenvalue weighted by atomic mass is 16.9. The maximum Gasteiger partial charge on any atom is 0.234 e. The lowest BCUT2D eigenvalue weighted by Gasteiger charge is -2.56. The van der Waals surface area contributed by atoms with E-state index in [1.165, 1.54) is 0 Å². The number of carbonyl (C=O) groups excluding carboxylic acids is 1. The average molecular weight is 488 g/mol. The summed E-state index contributed by atoms with van der Waals surface area (Å²) in [6, 6.07) is 1.54. The Bertz CT molecular complexity index is 1260. The van der Waals surface area contributed by atoms with Crippen molar-refractivity contribution in [3.63, 3.8) is 0 Å². The number of aryl methyl sites for hydroxylation is 1. The number of aromatic hydroxyl groups is 2. The van der Waals surface area contributed by atoms with Gasteiger partial charge in [-0.1, -0.05) is 0 Å². The highest BCUT2D eigenvalue weighted by Crippen LogP contribution is 2.63. The molecule has 186 valence electrons. The fraction of sp³-hybridized carbons (Fsp3) is 0.522. The molecule has 1 spiro atoms. The summed E-state index contributed by atoms with van der Waals surface area (Å²) in [5.74, 6) is -4.56. The van der Waals surface area contributed by atoms with Crippen LogP contribution >= 0.6 is 0 Å². The molecule has 6 N–H and O–H groups in total. The maximum atomic E-state index is 13.0. The smallest absolute Gasteiger partial charge is 0.234 e. The number of fused-ring (bicyclic) bond motifs is 3. The van der Waals surface area contributed by atoms with E-state index in [0.29, 0.717) is 11.1 Å². The molecule has 0 amide bonds. The molecule has 0 aromatic heterocycles. The summed E-state index contributed by atoms with van der Waals surface area (Å²) in [5, 5.41) is 63.8. The number of hydrogen-bond acceptors (Lipinski definition) is 11. The van der Waals surface area contributed by atoms with Crippen LogP contribution in [0, 0.1) is 12.8 Å². The van der Waals surface area contributed by atoms with E-state index in [0.717, 1.165) is 0 Å². The monoisotopic (exact) mass is 488 g/mol. The molecular weight excluding hydrogens is 463 g/mol. The van der Waals surface area contributed by atoms with Gasteiger partial charge in [-0.15, -0.1) is 0 Å². The van der Waals surface area contributed by atoms with Gasteiger partial charge >= 0.3 is 0 Å². The van der Waals surface area contributed by atoms with Gasteiger partial charge in [0, 0.05) is 10.9 Å². The Hall–Kier alpha value is -2.45. The molecule has 7 rings (SSSR count). The van der Waals surface area contributed by atoms with Crippen LogP contribution in [-0.4, -0.2) is 81.8 Å². The van der Waals surface area contributed by atoms with Crippen molar-refractivity contribution >= 4 is 24.4 Å². The Morgan fingerprint density at radius 2 is 1.80 bits per heavy atom. The van der Waals surface area contributed by atoms with Crippen LogP contribution in [0.2, 0.25) is 5.82 Å². The van der Waals surface area contributed by atoms with Crippen LogP contribution in [-0.2, 0) is 14.2 Å². The molecule has 1 aliphatic carbocycles. The minimum absolute atomic E-state index is 0.0428. The third-order valence-corrected chi connectivity index (χ3v) is 7.84. The molecule has 0 radical (unpaired) electrons. The molecule has 2 aromatic carbocycles. The number of phenols is 2. The topological polar surface area (TPSA) is 179 Å². The fourth-order valence-corrected chi connectivity index (χ4v) is 5.82. The molecular formula is C23H25BO11. The molecule has 2 fully saturated rings. The first-order chi connectivity index (χ1) is 16.6. The Kier molecular flexibility index (Phi) is 4.79. The average Bonchev–Trinajstić information content (AvgIpc) is 3.59. The van der Waals surface area contributed by atoms with Gasteiger partial charge in [0.05, 0.1) is 48.4 Å². The quantitative estimate of drug-likeness (QED) is 0.185. The van der Waals surface area contributed by atoms with Crippen LogP contribution in [0.3, 0.4) is 0 Å². The van der Waals surface area contributed by atoms with Crippen molar-refractivity contribution in [3.05, 3.63) is 28.3 Å². The predicted octanol–water partition coefficient (Wildman–Crippen LogP) is -0.577. The molecule has 0 saturated carbocycles. The standard InChI is InChI=1S/C23H25BO11/c1-7-2-9-13(18(30)15-14(16(9)28)11(27)3-10(24)17(15)29)19-12(7)20-34-23(35-20,8(4-25)5-26)22(6-32-22)21(31)33-19/h2,8,10-11,20-21,25-28,30-31H,3-6,24H2,1H3/t10?,11-,20?,21-,22-,23?/m0/s1. The SMILES string of the molecule is BC1C[C@H](O)c2c(c(O)c3c4c(c(C)cc3c2O)C2OC(C(CO)CO)(O2)[C@]2(CO2)[C@@H](O)O4)C1=O. The van der Waals surface area contributed by atoms with E-state index in [1.807, 2.05) is 0 Å². The Morgan fingerprint density at radius 3 is 2.40 bits per heavy atom. The van der Waals surface area contributed by atoms with Crippen molar-refractivity contribution in [2.24, 2.45) is 5.92 Å². The zero-order valence-corrected chi connectivity index (χ0v) is 19.0. The second-order valence-corrected chi connectivity index (χ2v) is 9.81. The van der Waals surface area contributed by atoms with Gasteiger partial charge in [-0.25, -0.2) is 0 Å². The number of aliphatic hydroxyl groups excluding tert-OH is 4. The van der Waals surface area contributed by atoms with E-state index < -0.39 is 66.6 Å². The lowest BCUT2D eigenvalue weighted by atomic mass is 9.69. The number of epoxide rings is 1. The highest BCUT2D eigenvalue weighted by molar-refractivity contribution is 6.30. The summed E-state index contributed by atoms with van der Waals surface area (Å²) in [6.45, 7) is 0.619.